The van der Waals surface area contributed by atoms with Crippen molar-refractivity contribution in [3.05, 3.63) is 57.5 Å². The van der Waals surface area contributed by atoms with Crippen LogP contribution >= 0.6 is 11.3 Å². The maximum atomic E-state index is 13.9. The number of hydrogen-bond donors (Lipinski definition) is 2. The minimum Gasteiger partial charge on any atom is -0.493 e. The number of rotatable bonds is 6. The molecule has 1 atom stereocenters. The van der Waals surface area contributed by atoms with E-state index < -0.39 is 17.7 Å². The van der Waals surface area contributed by atoms with Gasteiger partial charge in [0.15, 0.2) is 11.5 Å². The molecule has 1 amide bonds. The molecule has 9 heteroatoms. The van der Waals surface area contributed by atoms with Gasteiger partial charge in [0.1, 0.15) is 10.7 Å². The molecule has 0 aliphatic carbocycles. The van der Waals surface area contributed by atoms with Gasteiger partial charge in [0.2, 0.25) is 11.7 Å². The van der Waals surface area contributed by atoms with Crippen molar-refractivity contribution in [1.29, 1.82) is 0 Å². The molecule has 4 rings (SSSR count). The Morgan fingerprint density at radius 1 is 1.12 bits per heavy atom. The number of amides is 1. The van der Waals surface area contributed by atoms with E-state index in [0.717, 1.165) is 11.3 Å². The van der Waals surface area contributed by atoms with Gasteiger partial charge in [-0.1, -0.05) is 12.1 Å². The first-order valence-corrected chi connectivity index (χ1v) is 10.4. The van der Waals surface area contributed by atoms with Crippen molar-refractivity contribution in [2.45, 2.75) is 12.3 Å². The third-order valence-corrected chi connectivity index (χ3v) is 6.59. The van der Waals surface area contributed by atoms with Crippen molar-refractivity contribution in [1.82, 2.24) is 0 Å². The largest absolute Gasteiger partial charge is 0.493 e. The van der Waals surface area contributed by atoms with Crippen molar-refractivity contribution >= 4 is 28.9 Å². The van der Waals surface area contributed by atoms with Gasteiger partial charge in [-0.3, -0.25) is 4.79 Å². The number of carbonyl (C=O) groups excluding carboxylic acids is 1. The molecule has 0 spiro atoms. The summed E-state index contributed by atoms with van der Waals surface area (Å²) >= 11 is 1.06. The third kappa shape index (κ3) is 3.64. The van der Waals surface area contributed by atoms with Crippen LogP contribution in [0.2, 0.25) is 0 Å². The van der Waals surface area contributed by atoms with Crippen LogP contribution in [0, 0.1) is 5.82 Å². The lowest BCUT2D eigenvalue weighted by Crippen LogP contribution is -2.22. The molecule has 0 saturated carbocycles. The van der Waals surface area contributed by atoms with Gasteiger partial charge in [-0.15, -0.1) is 11.3 Å². The van der Waals surface area contributed by atoms with Gasteiger partial charge in [-0.25, -0.2) is 9.18 Å². The first kappa shape index (κ1) is 21.6. The highest BCUT2D eigenvalue weighted by atomic mass is 32.1. The lowest BCUT2D eigenvalue weighted by molar-refractivity contribution is -0.116. The Morgan fingerprint density at radius 3 is 2.38 bits per heavy atom. The average molecular weight is 457 g/mol. The highest BCUT2D eigenvalue weighted by Crippen LogP contribution is 2.51. The number of thiophene rings is 1. The number of nitrogens with one attached hydrogen (secondary N) is 1. The maximum absolute atomic E-state index is 13.9. The van der Waals surface area contributed by atoms with Crippen LogP contribution in [0.4, 0.5) is 10.1 Å². The van der Waals surface area contributed by atoms with E-state index in [1.54, 1.807) is 18.2 Å². The van der Waals surface area contributed by atoms with Crippen molar-refractivity contribution in [3.63, 3.8) is 0 Å². The minimum atomic E-state index is -1.15. The molecule has 2 N–H and O–H groups in total. The zero-order chi connectivity index (χ0) is 23.0. The Balaban J connectivity index is 1.94. The van der Waals surface area contributed by atoms with Crippen LogP contribution in [-0.4, -0.2) is 38.3 Å². The summed E-state index contributed by atoms with van der Waals surface area (Å²) in [6, 6.07) is 9.14. The lowest BCUT2D eigenvalue weighted by atomic mass is 9.88. The van der Waals surface area contributed by atoms with Crippen LogP contribution in [0.25, 0.3) is 11.1 Å². The number of fused-ring (bicyclic) bond motifs is 1. The number of hydrogen-bond acceptors (Lipinski definition) is 6. The Hall–Kier alpha value is -3.59. The van der Waals surface area contributed by atoms with E-state index in [-0.39, 0.29) is 17.2 Å². The van der Waals surface area contributed by atoms with Gasteiger partial charge < -0.3 is 24.6 Å². The molecule has 1 aromatic heterocycles. The normalized spacial score (nSPS) is 15.0. The molecule has 166 valence electrons. The molecule has 1 aliphatic rings. The highest BCUT2D eigenvalue weighted by molar-refractivity contribution is 7.15. The molecule has 0 unspecified atom stereocenters. The summed E-state index contributed by atoms with van der Waals surface area (Å²) in [7, 11) is 4.49. The SMILES string of the molecule is COc1cc([C@@H]2CC(=O)Nc3c2sc(C(=O)O)c3-c2cccc(F)c2)cc(OC)c1OC. The number of carboxylic acids is 1. The molecule has 2 aromatic carbocycles. The number of carboxylic acid groups (broad SMARTS) is 1. The predicted molar refractivity (Wildman–Crippen MR) is 118 cm³/mol. The van der Waals surface area contributed by atoms with Crippen molar-refractivity contribution in [3.8, 4) is 28.4 Å². The van der Waals surface area contributed by atoms with Crippen LogP contribution in [0.15, 0.2) is 36.4 Å². The number of methoxy groups -OCH3 is 3. The number of aromatic carboxylic acids is 1. The molecule has 1 aliphatic heterocycles. The second-order valence-electron chi connectivity index (χ2n) is 7.12. The first-order valence-electron chi connectivity index (χ1n) is 9.63. The van der Waals surface area contributed by atoms with E-state index in [2.05, 4.69) is 5.32 Å². The van der Waals surface area contributed by atoms with Crippen LogP contribution in [-0.2, 0) is 4.79 Å². The third-order valence-electron chi connectivity index (χ3n) is 5.30. The molecule has 2 heterocycles. The van der Waals surface area contributed by atoms with Gasteiger partial charge in [-0.2, -0.15) is 0 Å². The summed E-state index contributed by atoms with van der Waals surface area (Å²) in [5.41, 5.74) is 1.76. The summed E-state index contributed by atoms with van der Waals surface area (Å²) in [6.07, 6.45) is 0.105. The minimum absolute atomic E-state index is 0.0280. The molecule has 7 nitrogen and oxygen atoms in total. The number of benzene rings is 2. The fourth-order valence-corrected chi connectivity index (χ4v) is 5.17. The van der Waals surface area contributed by atoms with Crippen molar-refractivity contribution in [2.24, 2.45) is 0 Å². The topological polar surface area (TPSA) is 94.1 Å². The van der Waals surface area contributed by atoms with Crippen molar-refractivity contribution < 1.29 is 33.3 Å². The smallest absolute Gasteiger partial charge is 0.346 e. The summed E-state index contributed by atoms with van der Waals surface area (Å²) < 4.78 is 30.2. The monoisotopic (exact) mass is 457 g/mol. The van der Waals surface area contributed by atoms with E-state index in [1.165, 1.54) is 39.5 Å². The maximum Gasteiger partial charge on any atom is 0.346 e. The highest BCUT2D eigenvalue weighted by Gasteiger charge is 2.35. The summed E-state index contributed by atoms with van der Waals surface area (Å²) in [4.78, 5) is 25.4. The van der Waals surface area contributed by atoms with Gasteiger partial charge >= 0.3 is 5.97 Å². The fourth-order valence-electron chi connectivity index (χ4n) is 3.93. The molecular formula is C23H20FNO6S. The lowest BCUT2D eigenvalue weighted by Gasteiger charge is -2.25. The zero-order valence-corrected chi connectivity index (χ0v) is 18.3. The average Bonchev–Trinajstić information content (AvgIpc) is 3.17. The van der Waals surface area contributed by atoms with Crippen LogP contribution in [0.5, 0.6) is 17.2 Å². The van der Waals surface area contributed by atoms with E-state index in [4.69, 9.17) is 14.2 Å². The summed E-state index contributed by atoms with van der Waals surface area (Å²) in [5.74, 6) is -1.10. The van der Waals surface area contributed by atoms with E-state index >= 15 is 0 Å². The molecule has 0 bridgehead atoms. The molecule has 0 fully saturated rings. The summed E-state index contributed by atoms with van der Waals surface area (Å²) in [5, 5.41) is 12.6. The molecule has 32 heavy (non-hydrogen) atoms. The van der Waals surface area contributed by atoms with Crippen LogP contribution < -0.4 is 19.5 Å². The second-order valence-corrected chi connectivity index (χ2v) is 8.18. The quantitative estimate of drug-likeness (QED) is 0.555. The predicted octanol–water partition coefficient (Wildman–Crippen LogP) is 4.75. The Morgan fingerprint density at radius 2 is 1.81 bits per heavy atom. The Labute approximate surface area is 187 Å². The standard InChI is InChI=1S/C23H20FNO6S/c1-29-15-8-12(9-16(30-2)20(15)31-3)14-10-17(26)25-19-18(11-5-4-6-13(24)7-11)22(23(27)28)32-21(14)19/h4-9,14H,10H2,1-3H3,(H,25,26)(H,27,28)/t14-/m0/s1. The number of anilines is 1. The van der Waals surface area contributed by atoms with Crippen LogP contribution in [0.1, 0.15) is 32.5 Å². The van der Waals surface area contributed by atoms with E-state index in [0.29, 0.717) is 44.5 Å². The van der Waals surface area contributed by atoms with E-state index in [9.17, 15) is 19.1 Å². The number of ether oxygens (including phenoxy) is 3. The van der Waals surface area contributed by atoms with Gasteiger partial charge in [-0.05, 0) is 35.4 Å². The van der Waals surface area contributed by atoms with Gasteiger partial charge in [0.05, 0.1) is 27.0 Å². The fraction of sp³-hybridized carbons (Fsp3) is 0.217. The van der Waals surface area contributed by atoms with Gasteiger partial charge in [0, 0.05) is 22.8 Å². The molecule has 0 radical (unpaired) electrons. The van der Waals surface area contributed by atoms with E-state index in [1.807, 2.05) is 0 Å². The molecule has 3 aromatic rings. The van der Waals surface area contributed by atoms with Gasteiger partial charge in [0.25, 0.3) is 0 Å². The summed E-state index contributed by atoms with van der Waals surface area (Å²) in [6.45, 7) is 0. The second kappa shape index (κ2) is 8.51. The zero-order valence-electron chi connectivity index (χ0n) is 17.5. The number of halogens is 1. The molecular weight excluding hydrogens is 437 g/mol. The Bertz CT molecular complexity index is 1200. The van der Waals surface area contributed by atoms with Crippen molar-refractivity contribution in [2.75, 3.05) is 26.6 Å². The number of carbonyl (C=O) groups is 2. The Kier molecular flexibility index (Phi) is 5.75. The first-order chi connectivity index (χ1) is 15.4. The molecule has 0 saturated heterocycles. The van der Waals surface area contributed by atoms with Crippen LogP contribution in [0.3, 0.4) is 0 Å².